The lowest BCUT2D eigenvalue weighted by atomic mass is 10.1. The Morgan fingerprint density at radius 3 is 2.43 bits per heavy atom. The Morgan fingerprint density at radius 2 is 1.91 bits per heavy atom. The quantitative estimate of drug-likeness (QED) is 0.741. The lowest BCUT2D eigenvalue weighted by molar-refractivity contribution is -0.140. The number of hydrogen-bond acceptors (Lipinski definition) is 5. The molecule has 1 heterocycles. The van der Waals surface area contributed by atoms with E-state index in [-0.39, 0.29) is 29.0 Å². The number of aliphatic carboxylic acids is 1. The van der Waals surface area contributed by atoms with Crippen LogP contribution in [0, 0.1) is 0 Å². The van der Waals surface area contributed by atoms with E-state index in [1.807, 2.05) is 6.07 Å². The maximum Gasteiger partial charge on any atom is 0.325 e. The first-order valence-electron chi connectivity index (χ1n) is 6.53. The van der Waals surface area contributed by atoms with Gasteiger partial charge in [-0.1, -0.05) is 30.3 Å². The van der Waals surface area contributed by atoms with Gasteiger partial charge in [0.2, 0.25) is 0 Å². The second-order valence-corrected chi connectivity index (χ2v) is 8.23. The molecule has 0 spiro atoms. The number of nitrogens with one attached hydrogen (secondary N) is 1. The Balaban J connectivity index is 0.00000192. The lowest BCUT2D eigenvalue weighted by Crippen LogP contribution is -2.44. The molecule has 1 aliphatic carbocycles. The number of sulfonamides is 1. The van der Waals surface area contributed by atoms with E-state index >= 15 is 0 Å². The molecular weight excluding hydrogens is 360 g/mol. The number of rotatable bonds is 5. The fourth-order valence-electron chi connectivity index (χ4n) is 2.51. The Hall–Kier alpha value is -1.61. The zero-order valence-corrected chi connectivity index (χ0v) is 14.2. The predicted octanol–water partition coefficient (Wildman–Crippen LogP) is 2.04. The molecule has 1 aliphatic rings. The Morgan fingerprint density at radius 1 is 1.26 bits per heavy atom. The summed E-state index contributed by atoms with van der Waals surface area (Å²) in [5, 5.41) is 9.86. The minimum atomic E-state index is -3.91. The van der Waals surface area contributed by atoms with Crippen molar-refractivity contribution in [3.63, 3.8) is 0 Å². The molecule has 0 saturated heterocycles. The molecule has 0 aliphatic heterocycles. The maximum atomic E-state index is 12.4. The van der Waals surface area contributed by atoms with Crippen LogP contribution in [0.5, 0.6) is 0 Å². The van der Waals surface area contributed by atoms with Crippen LogP contribution in [0.2, 0.25) is 0 Å². The number of hydrogen-bond donors (Lipinski definition) is 3. The second kappa shape index (κ2) is 6.12. The molecule has 2 unspecified atom stereocenters. The number of nitrogen functional groups attached to an aromatic ring is 1. The van der Waals surface area contributed by atoms with Crippen LogP contribution in [-0.2, 0) is 14.8 Å². The van der Waals surface area contributed by atoms with Crippen LogP contribution in [0.25, 0.3) is 0 Å². The van der Waals surface area contributed by atoms with E-state index in [0.29, 0.717) is 5.00 Å². The monoisotopic (exact) mass is 374 g/mol. The molecule has 1 fully saturated rings. The highest BCUT2D eigenvalue weighted by molar-refractivity contribution is 7.91. The molecule has 124 valence electrons. The SMILES string of the molecule is Cl.Nc1ccc(S(=O)(=O)NC2(C(=O)O)CC2c2ccccc2)s1. The van der Waals surface area contributed by atoms with Gasteiger partial charge < -0.3 is 10.8 Å². The summed E-state index contributed by atoms with van der Waals surface area (Å²) in [6, 6.07) is 11.9. The number of benzene rings is 1. The van der Waals surface area contributed by atoms with Crippen molar-refractivity contribution in [1.29, 1.82) is 0 Å². The highest BCUT2D eigenvalue weighted by atomic mass is 35.5. The van der Waals surface area contributed by atoms with Gasteiger partial charge in [0.1, 0.15) is 9.75 Å². The van der Waals surface area contributed by atoms with Crippen LogP contribution in [-0.4, -0.2) is 25.0 Å². The number of carbonyl (C=O) groups is 1. The first-order valence-corrected chi connectivity index (χ1v) is 8.83. The largest absolute Gasteiger partial charge is 0.480 e. The van der Waals surface area contributed by atoms with Crippen LogP contribution in [0.4, 0.5) is 5.00 Å². The number of thiophene rings is 1. The van der Waals surface area contributed by atoms with Crippen molar-refractivity contribution in [3.05, 3.63) is 48.0 Å². The van der Waals surface area contributed by atoms with E-state index in [1.54, 1.807) is 24.3 Å². The molecule has 0 radical (unpaired) electrons. The van der Waals surface area contributed by atoms with E-state index in [1.165, 1.54) is 12.1 Å². The topological polar surface area (TPSA) is 109 Å². The van der Waals surface area contributed by atoms with Crippen molar-refractivity contribution in [3.8, 4) is 0 Å². The van der Waals surface area contributed by atoms with Gasteiger partial charge in [0.05, 0.1) is 5.00 Å². The van der Waals surface area contributed by atoms with Gasteiger partial charge in [-0.2, -0.15) is 4.72 Å². The van der Waals surface area contributed by atoms with Crippen LogP contribution in [0.15, 0.2) is 46.7 Å². The van der Waals surface area contributed by atoms with Gasteiger partial charge in [-0.05, 0) is 24.1 Å². The molecule has 1 aromatic carbocycles. The van der Waals surface area contributed by atoms with E-state index in [9.17, 15) is 18.3 Å². The van der Waals surface area contributed by atoms with Crippen LogP contribution < -0.4 is 10.5 Å². The Bertz CT molecular complexity index is 822. The summed E-state index contributed by atoms with van der Waals surface area (Å²) in [5.74, 6) is -1.55. The summed E-state index contributed by atoms with van der Waals surface area (Å²) in [6.45, 7) is 0. The molecule has 1 saturated carbocycles. The highest BCUT2D eigenvalue weighted by Crippen LogP contribution is 2.52. The standard InChI is InChI=1S/C14H14N2O4S2.ClH/c15-11-6-7-12(21-11)22(19,20)16-14(13(17)18)8-10(14)9-4-2-1-3-5-9;/h1-7,10,16H,8,15H2,(H,17,18);1H. The van der Waals surface area contributed by atoms with E-state index in [2.05, 4.69) is 4.72 Å². The zero-order valence-electron chi connectivity index (χ0n) is 11.8. The summed E-state index contributed by atoms with van der Waals surface area (Å²) >= 11 is 0.906. The summed E-state index contributed by atoms with van der Waals surface area (Å²) < 4.78 is 27.1. The zero-order chi connectivity index (χ0) is 16.0. The van der Waals surface area contributed by atoms with Gasteiger partial charge in [-0.15, -0.1) is 23.7 Å². The molecule has 23 heavy (non-hydrogen) atoms. The van der Waals surface area contributed by atoms with Gasteiger partial charge in [-0.25, -0.2) is 8.42 Å². The van der Waals surface area contributed by atoms with E-state index in [0.717, 1.165) is 16.9 Å². The molecule has 4 N–H and O–H groups in total. The number of carboxylic acid groups (broad SMARTS) is 1. The van der Waals surface area contributed by atoms with E-state index in [4.69, 9.17) is 5.73 Å². The van der Waals surface area contributed by atoms with Crippen LogP contribution in [0.1, 0.15) is 17.9 Å². The molecule has 6 nitrogen and oxygen atoms in total. The molecule has 2 atom stereocenters. The third kappa shape index (κ3) is 3.20. The molecule has 9 heteroatoms. The maximum absolute atomic E-state index is 12.4. The minimum Gasteiger partial charge on any atom is -0.480 e. The molecule has 3 rings (SSSR count). The summed E-state index contributed by atoms with van der Waals surface area (Å²) in [6.07, 6.45) is 0.229. The molecular formula is C14H15ClN2O4S2. The van der Waals surface area contributed by atoms with Crippen molar-refractivity contribution in [2.24, 2.45) is 0 Å². The molecule has 0 amide bonds. The molecule has 1 aromatic heterocycles. The summed E-state index contributed by atoms with van der Waals surface area (Å²) in [7, 11) is -3.91. The van der Waals surface area contributed by atoms with Gasteiger partial charge >= 0.3 is 5.97 Å². The van der Waals surface area contributed by atoms with Gasteiger partial charge in [-0.3, -0.25) is 4.79 Å². The number of anilines is 1. The Labute approximate surface area is 143 Å². The number of carboxylic acids is 1. The van der Waals surface area contributed by atoms with Gasteiger partial charge in [0.15, 0.2) is 0 Å². The van der Waals surface area contributed by atoms with Crippen molar-refractivity contribution in [1.82, 2.24) is 4.72 Å². The second-order valence-electron chi connectivity index (χ2n) is 5.21. The van der Waals surface area contributed by atoms with E-state index < -0.39 is 21.5 Å². The number of nitrogens with two attached hydrogens (primary N) is 1. The average Bonchev–Trinajstić information content (AvgIpc) is 3.02. The smallest absolute Gasteiger partial charge is 0.325 e. The number of halogens is 1. The first-order chi connectivity index (χ1) is 10.3. The molecule has 0 bridgehead atoms. The Kier molecular flexibility index (Phi) is 4.72. The fraction of sp³-hybridized carbons (Fsp3) is 0.214. The fourth-order valence-corrected chi connectivity index (χ4v) is 5.01. The van der Waals surface area contributed by atoms with Crippen molar-refractivity contribution in [2.45, 2.75) is 22.1 Å². The van der Waals surface area contributed by atoms with Gasteiger partial charge in [0.25, 0.3) is 10.0 Å². The van der Waals surface area contributed by atoms with Gasteiger partial charge in [0, 0.05) is 5.92 Å². The lowest BCUT2D eigenvalue weighted by Gasteiger charge is -2.14. The summed E-state index contributed by atoms with van der Waals surface area (Å²) in [5.41, 5.74) is 4.86. The minimum absolute atomic E-state index is 0. The van der Waals surface area contributed by atoms with Crippen molar-refractivity contribution >= 4 is 44.7 Å². The average molecular weight is 375 g/mol. The van der Waals surface area contributed by atoms with Crippen molar-refractivity contribution < 1.29 is 18.3 Å². The highest BCUT2D eigenvalue weighted by Gasteiger charge is 2.63. The third-order valence-electron chi connectivity index (χ3n) is 3.73. The third-order valence-corrected chi connectivity index (χ3v) is 6.64. The van der Waals surface area contributed by atoms with Crippen molar-refractivity contribution in [2.75, 3.05) is 5.73 Å². The first kappa shape index (κ1) is 17.7. The predicted molar refractivity (Wildman–Crippen MR) is 90.5 cm³/mol. The van der Waals surface area contributed by atoms with Crippen LogP contribution in [0.3, 0.4) is 0 Å². The van der Waals surface area contributed by atoms with Crippen LogP contribution >= 0.6 is 23.7 Å². The summed E-state index contributed by atoms with van der Waals surface area (Å²) in [4.78, 5) is 11.6. The normalized spacial score (nSPS) is 23.0. The molecule has 2 aromatic rings.